The van der Waals surface area contributed by atoms with E-state index in [2.05, 4.69) is 5.10 Å². The number of esters is 1. The van der Waals surface area contributed by atoms with Crippen LogP contribution in [-0.2, 0) is 4.74 Å². The van der Waals surface area contributed by atoms with Crippen LogP contribution in [0.3, 0.4) is 0 Å². The van der Waals surface area contributed by atoms with Crippen LogP contribution in [0, 0.1) is 0 Å². The number of pyridine rings is 1. The van der Waals surface area contributed by atoms with Crippen molar-refractivity contribution in [3.05, 3.63) is 30.0 Å². The number of carbonyl (C=O) groups excluding carboxylic acids is 1. The van der Waals surface area contributed by atoms with Crippen molar-refractivity contribution in [2.45, 2.75) is 6.92 Å². The summed E-state index contributed by atoms with van der Waals surface area (Å²) in [7, 11) is 5.69. The molecule has 0 aliphatic carbocycles. The van der Waals surface area contributed by atoms with Gasteiger partial charge in [-0.2, -0.15) is 5.10 Å². The molecular formula is C10H9BN2O2. The minimum atomic E-state index is -0.430. The molecule has 2 aromatic heterocycles. The van der Waals surface area contributed by atoms with Crippen LogP contribution in [0.25, 0.3) is 5.52 Å². The van der Waals surface area contributed by atoms with E-state index < -0.39 is 5.97 Å². The van der Waals surface area contributed by atoms with Gasteiger partial charge in [0.2, 0.25) is 0 Å². The first-order chi connectivity index (χ1) is 7.22. The Kier molecular flexibility index (Phi) is 2.45. The molecule has 0 aliphatic rings. The smallest absolute Gasteiger partial charge is 0.358 e. The van der Waals surface area contributed by atoms with Gasteiger partial charge in [0.15, 0.2) is 5.69 Å². The Labute approximate surface area is 88.3 Å². The van der Waals surface area contributed by atoms with Gasteiger partial charge in [0.25, 0.3) is 0 Å². The van der Waals surface area contributed by atoms with E-state index in [-0.39, 0.29) is 5.69 Å². The van der Waals surface area contributed by atoms with Crippen LogP contribution < -0.4 is 5.59 Å². The fourth-order valence-electron chi connectivity index (χ4n) is 1.34. The van der Waals surface area contributed by atoms with Crippen LogP contribution in [-0.4, -0.2) is 30.0 Å². The number of hydrogen-bond donors (Lipinski definition) is 0. The summed E-state index contributed by atoms with van der Waals surface area (Å²) in [6.07, 6.45) is 0. The molecule has 2 aromatic rings. The standard InChI is InChI=1S/C10H9BN2O2/c1-2-15-10(14)8-6-7-4-3-5-9(11)13(7)12-8/h3-6H,2H2,1H3. The highest BCUT2D eigenvalue weighted by Gasteiger charge is 2.11. The predicted octanol–water partition coefficient (Wildman–Crippen LogP) is 0.305. The summed E-state index contributed by atoms with van der Waals surface area (Å²) in [5.41, 5.74) is 1.54. The van der Waals surface area contributed by atoms with E-state index in [1.54, 1.807) is 25.1 Å². The fourth-order valence-corrected chi connectivity index (χ4v) is 1.34. The van der Waals surface area contributed by atoms with E-state index >= 15 is 0 Å². The summed E-state index contributed by atoms with van der Waals surface area (Å²) < 4.78 is 6.35. The number of fused-ring (bicyclic) bond motifs is 1. The minimum absolute atomic E-state index is 0.273. The van der Waals surface area contributed by atoms with Gasteiger partial charge >= 0.3 is 5.97 Å². The van der Waals surface area contributed by atoms with Crippen molar-refractivity contribution in [1.29, 1.82) is 0 Å². The Hall–Kier alpha value is -1.78. The van der Waals surface area contributed by atoms with Crippen molar-refractivity contribution >= 4 is 24.9 Å². The summed E-state index contributed by atoms with van der Waals surface area (Å²) in [4.78, 5) is 11.4. The Bertz CT molecular complexity index is 507. The molecule has 5 heteroatoms. The molecule has 2 heterocycles. The fraction of sp³-hybridized carbons (Fsp3) is 0.200. The van der Waals surface area contributed by atoms with E-state index in [0.717, 1.165) is 5.52 Å². The van der Waals surface area contributed by atoms with Gasteiger partial charge in [-0.1, -0.05) is 12.1 Å². The molecule has 0 amide bonds. The van der Waals surface area contributed by atoms with Crippen LogP contribution >= 0.6 is 0 Å². The molecule has 15 heavy (non-hydrogen) atoms. The summed E-state index contributed by atoms with van der Waals surface area (Å²) in [6.45, 7) is 2.09. The summed E-state index contributed by atoms with van der Waals surface area (Å²) in [5.74, 6) is -0.430. The maximum absolute atomic E-state index is 11.4. The van der Waals surface area contributed by atoms with Gasteiger partial charge in [-0.15, -0.1) is 0 Å². The molecule has 74 valence electrons. The molecule has 0 N–H and O–H groups in total. The summed E-state index contributed by atoms with van der Waals surface area (Å²) in [5, 5.41) is 4.05. The molecule has 0 atom stereocenters. The molecular weight excluding hydrogens is 191 g/mol. The van der Waals surface area contributed by atoms with Crippen LogP contribution in [0.1, 0.15) is 17.4 Å². The van der Waals surface area contributed by atoms with Crippen LogP contribution in [0.4, 0.5) is 0 Å². The third-order valence-electron chi connectivity index (χ3n) is 2.00. The molecule has 2 rings (SSSR count). The molecule has 2 radical (unpaired) electrons. The average Bonchev–Trinajstić information content (AvgIpc) is 2.63. The summed E-state index contributed by atoms with van der Waals surface area (Å²) >= 11 is 0. The molecule has 0 spiro atoms. The van der Waals surface area contributed by atoms with Crippen LogP contribution in [0.15, 0.2) is 24.3 Å². The van der Waals surface area contributed by atoms with E-state index in [1.165, 1.54) is 4.52 Å². The zero-order chi connectivity index (χ0) is 10.8. The second kappa shape index (κ2) is 3.77. The first-order valence-electron chi connectivity index (χ1n) is 4.63. The topological polar surface area (TPSA) is 43.6 Å². The number of rotatable bonds is 2. The van der Waals surface area contributed by atoms with Gasteiger partial charge in [-0.05, 0) is 24.6 Å². The summed E-state index contributed by atoms with van der Waals surface area (Å²) in [6, 6.07) is 7.00. The Morgan fingerprint density at radius 2 is 2.40 bits per heavy atom. The van der Waals surface area contributed by atoms with E-state index in [0.29, 0.717) is 12.2 Å². The molecule has 0 fully saturated rings. The zero-order valence-corrected chi connectivity index (χ0v) is 8.30. The third-order valence-corrected chi connectivity index (χ3v) is 2.00. The van der Waals surface area contributed by atoms with Gasteiger partial charge in [-0.25, -0.2) is 9.31 Å². The van der Waals surface area contributed by atoms with Gasteiger partial charge in [-0.3, -0.25) is 0 Å². The van der Waals surface area contributed by atoms with Crippen LogP contribution in [0.5, 0.6) is 0 Å². The Balaban J connectivity index is 2.47. The van der Waals surface area contributed by atoms with E-state index in [9.17, 15) is 4.79 Å². The normalized spacial score (nSPS) is 10.5. The first-order valence-corrected chi connectivity index (χ1v) is 4.63. The SMILES string of the molecule is [B]c1cccc2cc(C(=O)OCC)nn12. The molecule has 0 aromatic carbocycles. The Morgan fingerprint density at radius 3 is 3.07 bits per heavy atom. The lowest BCUT2D eigenvalue weighted by Gasteiger charge is -1.97. The maximum atomic E-state index is 11.4. The minimum Gasteiger partial charge on any atom is -0.461 e. The number of ether oxygens (including phenoxy) is 1. The van der Waals surface area contributed by atoms with Crippen LogP contribution in [0.2, 0.25) is 0 Å². The van der Waals surface area contributed by atoms with E-state index in [4.69, 9.17) is 12.6 Å². The lowest BCUT2D eigenvalue weighted by Crippen LogP contribution is -2.15. The Morgan fingerprint density at radius 1 is 1.60 bits per heavy atom. The van der Waals surface area contributed by atoms with Crippen molar-refractivity contribution < 1.29 is 9.53 Å². The quantitative estimate of drug-likeness (QED) is 0.517. The number of carbonyl (C=O) groups is 1. The zero-order valence-electron chi connectivity index (χ0n) is 8.30. The molecule has 0 saturated carbocycles. The monoisotopic (exact) mass is 200 g/mol. The molecule has 0 aliphatic heterocycles. The van der Waals surface area contributed by atoms with Crippen molar-refractivity contribution in [3.8, 4) is 0 Å². The van der Waals surface area contributed by atoms with Gasteiger partial charge in [0, 0.05) is 0 Å². The van der Waals surface area contributed by atoms with Gasteiger partial charge in [0.05, 0.1) is 12.1 Å². The van der Waals surface area contributed by atoms with Crippen molar-refractivity contribution in [2.75, 3.05) is 6.61 Å². The lowest BCUT2D eigenvalue weighted by atomic mass is 10.0. The predicted molar refractivity (Wildman–Crippen MR) is 56.5 cm³/mol. The molecule has 0 saturated heterocycles. The number of nitrogens with zero attached hydrogens (tertiary/aromatic N) is 2. The highest BCUT2D eigenvalue weighted by molar-refractivity contribution is 6.31. The number of hydrogen-bond acceptors (Lipinski definition) is 3. The highest BCUT2D eigenvalue weighted by Crippen LogP contribution is 2.05. The van der Waals surface area contributed by atoms with Gasteiger partial charge < -0.3 is 4.74 Å². The first kappa shape index (κ1) is 9.77. The average molecular weight is 200 g/mol. The molecule has 0 bridgehead atoms. The second-order valence-corrected chi connectivity index (χ2v) is 3.04. The van der Waals surface area contributed by atoms with Crippen molar-refractivity contribution in [3.63, 3.8) is 0 Å². The molecule has 4 nitrogen and oxygen atoms in total. The third kappa shape index (κ3) is 1.72. The van der Waals surface area contributed by atoms with Gasteiger partial charge in [0.1, 0.15) is 7.85 Å². The van der Waals surface area contributed by atoms with Crippen molar-refractivity contribution in [1.82, 2.24) is 9.61 Å². The maximum Gasteiger partial charge on any atom is 0.358 e. The lowest BCUT2D eigenvalue weighted by molar-refractivity contribution is 0.0519. The van der Waals surface area contributed by atoms with E-state index in [1.807, 2.05) is 6.07 Å². The molecule has 0 unspecified atom stereocenters. The highest BCUT2D eigenvalue weighted by atomic mass is 16.5. The number of aromatic nitrogens is 2. The van der Waals surface area contributed by atoms with Crippen molar-refractivity contribution in [2.24, 2.45) is 0 Å². The second-order valence-electron chi connectivity index (χ2n) is 3.04. The largest absolute Gasteiger partial charge is 0.461 e.